The highest BCUT2D eigenvalue weighted by molar-refractivity contribution is 5.59. The number of hydrogen-bond donors (Lipinski definition) is 0. The van der Waals surface area contributed by atoms with Gasteiger partial charge in [-0.3, -0.25) is 5.01 Å². The minimum absolute atomic E-state index is 0.117. The summed E-state index contributed by atoms with van der Waals surface area (Å²) in [7, 11) is 1.73. The van der Waals surface area contributed by atoms with E-state index in [0.717, 1.165) is 13.1 Å². The SMILES string of the molecule is CC(C)/C=N/N1CC[N+](C)([O-])CC1. The summed E-state index contributed by atoms with van der Waals surface area (Å²) >= 11 is 0. The molecule has 0 N–H and O–H groups in total. The zero-order valence-corrected chi connectivity index (χ0v) is 8.73. The normalized spacial score (nSPS) is 23.0. The van der Waals surface area contributed by atoms with Crippen molar-refractivity contribution >= 4 is 6.21 Å². The van der Waals surface area contributed by atoms with Crippen molar-refractivity contribution < 1.29 is 4.65 Å². The van der Waals surface area contributed by atoms with Gasteiger partial charge in [0.2, 0.25) is 0 Å². The van der Waals surface area contributed by atoms with Gasteiger partial charge in [0.05, 0.1) is 33.2 Å². The summed E-state index contributed by atoms with van der Waals surface area (Å²) in [5.74, 6) is 0.482. The second kappa shape index (κ2) is 4.07. The molecule has 0 spiro atoms. The van der Waals surface area contributed by atoms with Crippen LogP contribution in [0.25, 0.3) is 0 Å². The first kappa shape index (κ1) is 10.5. The van der Waals surface area contributed by atoms with Gasteiger partial charge in [0, 0.05) is 6.21 Å². The van der Waals surface area contributed by atoms with E-state index in [0.29, 0.717) is 19.0 Å². The topological polar surface area (TPSA) is 38.7 Å². The van der Waals surface area contributed by atoms with Crippen molar-refractivity contribution in [3.63, 3.8) is 0 Å². The second-order valence-corrected chi connectivity index (χ2v) is 4.21. The maximum atomic E-state index is 11.5. The van der Waals surface area contributed by atoms with Crippen molar-refractivity contribution in [1.82, 2.24) is 5.01 Å². The first-order valence-electron chi connectivity index (χ1n) is 4.84. The van der Waals surface area contributed by atoms with Crippen molar-refractivity contribution in [3.8, 4) is 0 Å². The smallest absolute Gasteiger partial charge is 0.0977 e. The molecule has 0 unspecified atom stereocenters. The monoisotopic (exact) mass is 185 g/mol. The number of piperazine rings is 1. The molecule has 0 aliphatic carbocycles. The van der Waals surface area contributed by atoms with Crippen molar-refractivity contribution in [2.24, 2.45) is 11.0 Å². The van der Waals surface area contributed by atoms with Crippen LogP contribution in [0.2, 0.25) is 0 Å². The predicted molar refractivity (Wildman–Crippen MR) is 54.2 cm³/mol. The van der Waals surface area contributed by atoms with Crippen LogP contribution in [0.3, 0.4) is 0 Å². The summed E-state index contributed by atoms with van der Waals surface area (Å²) in [6, 6.07) is 0. The van der Waals surface area contributed by atoms with Crippen LogP contribution < -0.4 is 0 Å². The van der Waals surface area contributed by atoms with E-state index in [4.69, 9.17) is 0 Å². The van der Waals surface area contributed by atoms with Gasteiger partial charge in [-0.25, -0.2) is 0 Å². The summed E-state index contributed by atoms with van der Waals surface area (Å²) in [4.78, 5) is 0. The minimum Gasteiger partial charge on any atom is -0.633 e. The minimum atomic E-state index is -0.117. The quantitative estimate of drug-likeness (QED) is 0.364. The van der Waals surface area contributed by atoms with E-state index in [1.54, 1.807) is 7.05 Å². The third-order valence-electron chi connectivity index (χ3n) is 2.19. The molecule has 1 rings (SSSR count). The maximum absolute atomic E-state index is 11.5. The fourth-order valence-electron chi connectivity index (χ4n) is 1.22. The number of hydrogen-bond acceptors (Lipinski definition) is 3. The summed E-state index contributed by atoms with van der Waals surface area (Å²) in [5.41, 5.74) is 0. The third-order valence-corrected chi connectivity index (χ3v) is 2.19. The molecule has 1 aliphatic rings. The van der Waals surface area contributed by atoms with Crippen LogP contribution in [0.1, 0.15) is 13.8 Å². The zero-order valence-electron chi connectivity index (χ0n) is 8.73. The van der Waals surface area contributed by atoms with E-state index in [9.17, 15) is 5.21 Å². The summed E-state index contributed by atoms with van der Waals surface area (Å²) in [6.45, 7) is 7.06. The molecule has 0 atom stereocenters. The number of likely N-dealkylation sites (N-methyl/N-ethyl adjacent to an activating group) is 1. The van der Waals surface area contributed by atoms with Gasteiger partial charge in [0.1, 0.15) is 0 Å². The van der Waals surface area contributed by atoms with Crippen LogP contribution in [0.4, 0.5) is 0 Å². The Morgan fingerprint density at radius 2 is 1.92 bits per heavy atom. The highest BCUT2D eigenvalue weighted by Crippen LogP contribution is 2.07. The Bertz CT molecular complexity index is 179. The average Bonchev–Trinajstić information content (AvgIpc) is 2.02. The van der Waals surface area contributed by atoms with Gasteiger partial charge in [-0.05, 0) is 5.92 Å². The Labute approximate surface area is 80.0 Å². The van der Waals surface area contributed by atoms with Gasteiger partial charge in [-0.15, -0.1) is 0 Å². The van der Waals surface area contributed by atoms with Gasteiger partial charge in [0.25, 0.3) is 0 Å². The van der Waals surface area contributed by atoms with Crippen LogP contribution in [0.15, 0.2) is 5.10 Å². The molecule has 0 aromatic carbocycles. The average molecular weight is 185 g/mol. The van der Waals surface area contributed by atoms with E-state index in [2.05, 4.69) is 18.9 Å². The van der Waals surface area contributed by atoms with Crippen molar-refractivity contribution in [3.05, 3.63) is 5.21 Å². The molecule has 1 aliphatic heterocycles. The summed E-state index contributed by atoms with van der Waals surface area (Å²) < 4.78 is -0.117. The zero-order chi connectivity index (χ0) is 9.90. The fourth-order valence-corrected chi connectivity index (χ4v) is 1.22. The van der Waals surface area contributed by atoms with Gasteiger partial charge in [-0.2, -0.15) is 5.10 Å². The molecule has 76 valence electrons. The molecule has 1 saturated heterocycles. The Hall–Kier alpha value is -0.610. The lowest BCUT2D eigenvalue weighted by molar-refractivity contribution is -0.865. The molecule has 13 heavy (non-hydrogen) atoms. The molecule has 0 aromatic rings. The van der Waals surface area contributed by atoms with Gasteiger partial charge in [0.15, 0.2) is 0 Å². The first-order chi connectivity index (χ1) is 5.99. The van der Waals surface area contributed by atoms with Crippen molar-refractivity contribution in [2.45, 2.75) is 13.8 Å². The molecule has 0 amide bonds. The lowest BCUT2D eigenvalue weighted by Gasteiger charge is -2.44. The summed E-state index contributed by atoms with van der Waals surface area (Å²) in [5, 5.41) is 17.8. The molecule has 0 saturated carbocycles. The third kappa shape index (κ3) is 3.74. The maximum Gasteiger partial charge on any atom is 0.0977 e. The molecule has 0 radical (unpaired) electrons. The number of rotatable bonds is 2. The molecule has 4 nitrogen and oxygen atoms in total. The second-order valence-electron chi connectivity index (χ2n) is 4.21. The first-order valence-corrected chi connectivity index (χ1v) is 4.84. The van der Waals surface area contributed by atoms with Gasteiger partial charge < -0.3 is 9.85 Å². The lowest BCUT2D eigenvalue weighted by Crippen LogP contribution is -2.52. The summed E-state index contributed by atoms with van der Waals surface area (Å²) in [6.07, 6.45) is 1.93. The van der Waals surface area contributed by atoms with Crippen LogP contribution >= 0.6 is 0 Å². The Morgan fingerprint density at radius 3 is 2.38 bits per heavy atom. The van der Waals surface area contributed by atoms with E-state index in [1.807, 2.05) is 11.2 Å². The predicted octanol–water partition coefficient (Wildman–Crippen LogP) is 0.888. The Morgan fingerprint density at radius 1 is 1.38 bits per heavy atom. The Balaban J connectivity index is 2.33. The van der Waals surface area contributed by atoms with Crippen LogP contribution in [0.5, 0.6) is 0 Å². The van der Waals surface area contributed by atoms with Crippen LogP contribution in [-0.2, 0) is 0 Å². The van der Waals surface area contributed by atoms with Crippen molar-refractivity contribution in [2.75, 3.05) is 33.2 Å². The molecule has 4 heteroatoms. The molecule has 0 aromatic heterocycles. The van der Waals surface area contributed by atoms with Crippen LogP contribution in [-0.4, -0.2) is 49.1 Å². The molecule has 1 fully saturated rings. The van der Waals surface area contributed by atoms with Crippen LogP contribution in [0, 0.1) is 11.1 Å². The lowest BCUT2D eigenvalue weighted by atomic mass is 10.3. The number of quaternary nitrogens is 1. The number of hydroxylamine groups is 3. The molecular weight excluding hydrogens is 166 g/mol. The number of hydrazone groups is 1. The number of nitrogens with zero attached hydrogens (tertiary/aromatic N) is 3. The van der Waals surface area contributed by atoms with Gasteiger partial charge >= 0.3 is 0 Å². The Kier molecular flexibility index (Phi) is 3.27. The standard InChI is InChI=1S/C9H19N3O/c1-9(2)8-10-11-4-6-12(3,13)7-5-11/h8-9H,4-7H2,1-3H3/b10-8+. The largest absolute Gasteiger partial charge is 0.633 e. The van der Waals surface area contributed by atoms with Gasteiger partial charge in [-0.1, -0.05) is 13.8 Å². The molecular formula is C9H19N3O. The molecule has 0 bridgehead atoms. The van der Waals surface area contributed by atoms with E-state index in [1.165, 1.54) is 0 Å². The van der Waals surface area contributed by atoms with Crippen molar-refractivity contribution in [1.29, 1.82) is 0 Å². The fraction of sp³-hybridized carbons (Fsp3) is 0.889. The highest BCUT2D eigenvalue weighted by Gasteiger charge is 2.19. The van der Waals surface area contributed by atoms with E-state index < -0.39 is 0 Å². The highest BCUT2D eigenvalue weighted by atomic mass is 16.5. The molecule has 1 heterocycles. The van der Waals surface area contributed by atoms with E-state index in [-0.39, 0.29) is 4.65 Å². The van der Waals surface area contributed by atoms with E-state index >= 15 is 0 Å².